The van der Waals surface area contributed by atoms with Crippen LogP contribution in [0.5, 0.6) is 0 Å². The Kier molecular flexibility index (Phi) is 7.47. The van der Waals surface area contributed by atoms with Gasteiger partial charge in [0.25, 0.3) is 0 Å². The first-order chi connectivity index (χ1) is 18.3. The van der Waals surface area contributed by atoms with E-state index in [1.54, 1.807) is 4.90 Å². The molecule has 0 radical (unpaired) electrons. The summed E-state index contributed by atoms with van der Waals surface area (Å²) in [6.45, 7) is 9.24. The monoisotopic (exact) mass is 512 g/mol. The molecule has 0 aliphatic carbocycles. The van der Waals surface area contributed by atoms with Crippen LogP contribution in [-0.4, -0.2) is 50.8 Å². The van der Waals surface area contributed by atoms with Gasteiger partial charge in [-0.1, -0.05) is 71.9 Å². The fourth-order valence-electron chi connectivity index (χ4n) is 4.98. The molecule has 0 spiro atoms. The Labute approximate surface area is 224 Å². The Morgan fingerprint density at radius 2 is 1.76 bits per heavy atom. The number of piperidine rings is 1. The van der Waals surface area contributed by atoms with Crippen LogP contribution in [0.25, 0.3) is 10.8 Å². The first-order valence-electron chi connectivity index (χ1n) is 13.3. The summed E-state index contributed by atoms with van der Waals surface area (Å²) in [5.41, 5.74) is 2.61. The molecule has 5 rings (SSSR count). The van der Waals surface area contributed by atoms with Crippen LogP contribution >= 0.6 is 0 Å². The predicted molar refractivity (Wildman–Crippen MR) is 148 cm³/mol. The van der Waals surface area contributed by atoms with Gasteiger partial charge >= 0.3 is 6.09 Å². The second-order valence-electron chi connectivity index (χ2n) is 11.1. The summed E-state index contributed by atoms with van der Waals surface area (Å²) in [7, 11) is 0. The summed E-state index contributed by atoms with van der Waals surface area (Å²) >= 11 is 0. The summed E-state index contributed by atoms with van der Waals surface area (Å²) in [5, 5.41) is 11.4. The zero-order chi connectivity index (χ0) is 26.7. The van der Waals surface area contributed by atoms with E-state index in [-0.39, 0.29) is 24.2 Å². The second-order valence-corrected chi connectivity index (χ2v) is 11.1. The van der Waals surface area contributed by atoms with Crippen molar-refractivity contribution in [3.8, 4) is 0 Å². The normalized spacial score (nSPS) is 18.9. The molecule has 3 aromatic carbocycles. The van der Waals surface area contributed by atoms with Gasteiger partial charge in [-0.25, -0.2) is 9.48 Å². The molecule has 38 heavy (non-hydrogen) atoms. The van der Waals surface area contributed by atoms with Crippen molar-refractivity contribution < 1.29 is 14.3 Å². The SMILES string of the molecule is CC(c1ccccc1)n1cc([C@@H]2CCN(C(=O)OC(C)(C)C)C[C@H]2OCc2ccc3ccccc3c2)nn1. The van der Waals surface area contributed by atoms with Crippen LogP contribution in [0, 0.1) is 0 Å². The molecule has 2 heterocycles. The Balaban J connectivity index is 1.35. The summed E-state index contributed by atoms with van der Waals surface area (Å²) in [6, 6.07) is 25.0. The summed E-state index contributed by atoms with van der Waals surface area (Å²) in [4.78, 5) is 14.6. The lowest BCUT2D eigenvalue weighted by atomic mass is 9.91. The fourth-order valence-corrected chi connectivity index (χ4v) is 4.98. The minimum absolute atomic E-state index is 0.0193. The topological polar surface area (TPSA) is 69.5 Å². The Morgan fingerprint density at radius 1 is 1.03 bits per heavy atom. The van der Waals surface area contributed by atoms with Crippen LogP contribution in [0.3, 0.4) is 0 Å². The first kappa shape index (κ1) is 25.9. The first-order valence-corrected chi connectivity index (χ1v) is 13.3. The van der Waals surface area contributed by atoms with Crippen molar-refractivity contribution in [1.29, 1.82) is 0 Å². The van der Waals surface area contributed by atoms with Gasteiger partial charge in [-0.3, -0.25) is 0 Å². The van der Waals surface area contributed by atoms with E-state index in [9.17, 15) is 4.79 Å². The molecule has 1 fully saturated rings. The van der Waals surface area contributed by atoms with Crippen molar-refractivity contribution in [1.82, 2.24) is 19.9 Å². The molecule has 4 aromatic rings. The number of ether oxygens (including phenoxy) is 2. The number of carbonyl (C=O) groups is 1. The number of benzene rings is 3. The quantitative estimate of drug-likeness (QED) is 0.301. The summed E-state index contributed by atoms with van der Waals surface area (Å²) < 4.78 is 14.1. The van der Waals surface area contributed by atoms with Gasteiger partial charge < -0.3 is 14.4 Å². The average molecular weight is 513 g/mol. The van der Waals surface area contributed by atoms with E-state index in [2.05, 4.69) is 59.7 Å². The second kappa shape index (κ2) is 11.0. The third-order valence-electron chi connectivity index (χ3n) is 7.08. The molecule has 7 heteroatoms. The third-order valence-corrected chi connectivity index (χ3v) is 7.08. The lowest BCUT2D eigenvalue weighted by molar-refractivity contribution is -0.0366. The Bertz CT molecular complexity index is 1380. The van der Waals surface area contributed by atoms with Gasteiger partial charge in [0.1, 0.15) is 5.60 Å². The smallest absolute Gasteiger partial charge is 0.410 e. The van der Waals surface area contributed by atoms with Crippen LogP contribution in [0.1, 0.15) is 62.9 Å². The van der Waals surface area contributed by atoms with Gasteiger partial charge in [0.15, 0.2) is 0 Å². The van der Waals surface area contributed by atoms with Crippen molar-refractivity contribution in [2.24, 2.45) is 0 Å². The molecule has 1 aliphatic rings. The Morgan fingerprint density at radius 3 is 2.53 bits per heavy atom. The van der Waals surface area contributed by atoms with E-state index in [4.69, 9.17) is 9.47 Å². The molecule has 1 unspecified atom stereocenters. The molecule has 1 saturated heterocycles. The van der Waals surface area contributed by atoms with Gasteiger partial charge in [0.2, 0.25) is 0 Å². The minimum Gasteiger partial charge on any atom is -0.444 e. The zero-order valence-corrected chi connectivity index (χ0v) is 22.6. The fraction of sp³-hybridized carbons (Fsp3) is 0.387. The van der Waals surface area contributed by atoms with Crippen molar-refractivity contribution in [2.75, 3.05) is 13.1 Å². The van der Waals surface area contributed by atoms with Crippen LogP contribution in [-0.2, 0) is 16.1 Å². The van der Waals surface area contributed by atoms with Crippen LogP contribution in [0.15, 0.2) is 79.0 Å². The summed E-state index contributed by atoms with van der Waals surface area (Å²) in [6.07, 6.45) is 2.20. The van der Waals surface area contributed by atoms with Gasteiger partial charge in [0.05, 0.1) is 31.0 Å². The molecule has 1 amide bonds. The highest BCUT2D eigenvalue weighted by atomic mass is 16.6. The highest BCUT2D eigenvalue weighted by Gasteiger charge is 2.36. The molecule has 198 valence electrons. The molecule has 1 aromatic heterocycles. The number of nitrogens with zero attached hydrogens (tertiary/aromatic N) is 4. The van der Waals surface area contributed by atoms with Crippen molar-refractivity contribution in [2.45, 2.75) is 64.4 Å². The van der Waals surface area contributed by atoms with Gasteiger partial charge in [-0.2, -0.15) is 0 Å². The molecular weight excluding hydrogens is 476 g/mol. The molecule has 0 N–H and O–H groups in total. The maximum Gasteiger partial charge on any atom is 0.410 e. The number of rotatable bonds is 6. The molecule has 1 aliphatic heterocycles. The molecule has 0 saturated carbocycles. The zero-order valence-electron chi connectivity index (χ0n) is 22.6. The summed E-state index contributed by atoms with van der Waals surface area (Å²) in [5.74, 6) is 0.0193. The van der Waals surface area contributed by atoms with E-state index in [1.807, 2.05) is 62.0 Å². The highest BCUT2D eigenvalue weighted by Crippen LogP contribution is 2.32. The highest BCUT2D eigenvalue weighted by molar-refractivity contribution is 5.82. The number of hydrogen-bond acceptors (Lipinski definition) is 5. The van der Waals surface area contributed by atoms with Crippen molar-refractivity contribution in [3.63, 3.8) is 0 Å². The number of fused-ring (bicyclic) bond motifs is 1. The maximum atomic E-state index is 12.9. The average Bonchev–Trinajstić information content (AvgIpc) is 3.41. The number of hydrogen-bond donors (Lipinski definition) is 0. The number of amides is 1. The molecule has 7 nitrogen and oxygen atoms in total. The van der Waals surface area contributed by atoms with Crippen molar-refractivity contribution in [3.05, 3.63) is 95.8 Å². The third kappa shape index (κ3) is 6.05. The van der Waals surface area contributed by atoms with E-state index >= 15 is 0 Å². The molecule has 0 bridgehead atoms. The lowest BCUT2D eigenvalue weighted by Crippen LogP contribution is -2.48. The number of carbonyl (C=O) groups excluding carboxylic acids is 1. The van der Waals surface area contributed by atoms with Gasteiger partial charge in [0, 0.05) is 18.7 Å². The Hall–Kier alpha value is -3.71. The number of likely N-dealkylation sites (tertiary alicyclic amines) is 1. The standard InChI is InChI=1S/C31H36N4O3/c1-22(24-10-6-5-7-11-24)35-19-28(32-33-35)27-16-17-34(30(36)38-31(2,3)4)20-29(27)37-21-23-14-15-25-12-8-9-13-26(25)18-23/h5-15,18-19,22,27,29H,16-17,20-21H2,1-4H3/t22?,27-,29+/m0/s1. The predicted octanol–water partition coefficient (Wildman–Crippen LogP) is 6.35. The van der Waals surface area contributed by atoms with E-state index in [0.717, 1.165) is 17.7 Å². The van der Waals surface area contributed by atoms with Crippen LogP contribution < -0.4 is 0 Å². The van der Waals surface area contributed by atoms with E-state index in [1.165, 1.54) is 16.3 Å². The van der Waals surface area contributed by atoms with Crippen LogP contribution in [0.4, 0.5) is 4.79 Å². The van der Waals surface area contributed by atoms with Crippen molar-refractivity contribution >= 4 is 16.9 Å². The van der Waals surface area contributed by atoms with Gasteiger partial charge in [-0.05, 0) is 62.1 Å². The maximum absolute atomic E-state index is 12.9. The van der Waals surface area contributed by atoms with Gasteiger partial charge in [-0.15, -0.1) is 5.10 Å². The molecular formula is C31H36N4O3. The number of aromatic nitrogens is 3. The molecule has 3 atom stereocenters. The largest absolute Gasteiger partial charge is 0.444 e. The van der Waals surface area contributed by atoms with E-state index < -0.39 is 5.60 Å². The lowest BCUT2D eigenvalue weighted by Gasteiger charge is -2.38. The van der Waals surface area contributed by atoms with E-state index in [0.29, 0.717) is 19.7 Å². The van der Waals surface area contributed by atoms with Crippen LogP contribution in [0.2, 0.25) is 0 Å². The minimum atomic E-state index is -0.550.